The number of hydrogen-bond acceptors (Lipinski definition) is 5. The Morgan fingerprint density at radius 1 is 0.974 bits per heavy atom. The SMILES string of the molecule is C/C(=C\[C@H](C(C)C)N(C)C(=O)[C@@H](NC(=O)C1CCCCN1C(C)C)C(C)(C)C)C(=O)N1CCC[C@H]1C(=O)O. The molecule has 0 spiro atoms. The van der Waals surface area contributed by atoms with E-state index in [0.29, 0.717) is 25.0 Å². The van der Waals surface area contributed by atoms with Crippen LogP contribution in [0.15, 0.2) is 11.6 Å². The Morgan fingerprint density at radius 2 is 1.58 bits per heavy atom. The highest BCUT2D eigenvalue weighted by molar-refractivity contribution is 5.96. The molecule has 0 aliphatic carbocycles. The molecule has 0 aromatic heterocycles. The number of nitrogens with zero attached hydrogens (tertiary/aromatic N) is 3. The lowest BCUT2D eigenvalue weighted by Gasteiger charge is -2.41. The molecule has 1 unspecified atom stereocenters. The second kappa shape index (κ2) is 13.1. The van der Waals surface area contributed by atoms with Crippen LogP contribution in [0.4, 0.5) is 0 Å². The van der Waals surface area contributed by atoms with Crippen LogP contribution < -0.4 is 5.32 Å². The van der Waals surface area contributed by atoms with E-state index in [1.807, 2.05) is 34.6 Å². The number of carbonyl (C=O) groups is 4. The maximum absolute atomic E-state index is 13.9. The normalized spacial score (nSPS) is 22.9. The highest BCUT2D eigenvalue weighted by atomic mass is 16.4. The number of aliphatic carboxylic acids is 1. The summed E-state index contributed by atoms with van der Waals surface area (Å²) in [6, 6.07) is -1.97. The van der Waals surface area contributed by atoms with Crippen LogP contribution in [0.25, 0.3) is 0 Å². The molecule has 2 aliphatic heterocycles. The molecule has 0 bridgehead atoms. The molecule has 2 aliphatic rings. The minimum atomic E-state index is -0.992. The molecule has 2 saturated heterocycles. The number of rotatable bonds is 9. The van der Waals surface area contributed by atoms with Crippen molar-refractivity contribution >= 4 is 23.7 Å². The van der Waals surface area contributed by atoms with E-state index in [0.717, 1.165) is 25.8 Å². The van der Waals surface area contributed by atoms with Crippen molar-refractivity contribution in [3.63, 3.8) is 0 Å². The maximum Gasteiger partial charge on any atom is 0.326 e. The third-order valence-electron chi connectivity index (χ3n) is 7.94. The first kappa shape index (κ1) is 31.8. The number of likely N-dealkylation sites (N-methyl/N-ethyl adjacent to an activating group) is 1. The van der Waals surface area contributed by atoms with Crippen LogP contribution in [0.5, 0.6) is 0 Å². The van der Waals surface area contributed by atoms with Gasteiger partial charge in [0.15, 0.2) is 0 Å². The topological polar surface area (TPSA) is 110 Å². The van der Waals surface area contributed by atoms with Crippen molar-refractivity contribution in [2.45, 2.75) is 118 Å². The summed E-state index contributed by atoms with van der Waals surface area (Å²) in [5.74, 6) is -1.64. The number of amides is 3. The fourth-order valence-corrected chi connectivity index (χ4v) is 5.66. The monoisotopic (exact) mass is 534 g/mol. The average molecular weight is 535 g/mol. The average Bonchev–Trinajstić information content (AvgIpc) is 3.33. The molecule has 9 heteroatoms. The van der Waals surface area contributed by atoms with Gasteiger partial charge in [0.25, 0.3) is 0 Å². The van der Waals surface area contributed by atoms with E-state index in [9.17, 15) is 24.3 Å². The molecule has 2 heterocycles. The molecular weight excluding hydrogens is 484 g/mol. The van der Waals surface area contributed by atoms with Crippen LogP contribution in [0.3, 0.4) is 0 Å². The third-order valence-corrected chi connectivity index (χ3v) is 7.94. The first-order chi connectivity index (χ1) is 17.6. The fourth-order valence-electron chi connectivity index (χ4n) is 5.66. The van der Waals surface area contributed by atoms with Crippen molar-refractivity contribution in [2.75, 3.05) is 20.1 Å². The van der Waals surface area contributed by atoms with Crippen LogP contribution in [-0.4, -0.2) is 93.8 Å². The molecule has 0 aromatic rings. The Kier molecular flexibility index (Phi) is 11.0. The molecule has 0 radical (unpaired) electrons. The number of carbonyl (C=O) groups excluding carboxylic acids is 3. The molecular formula is C29H50N4O5. The van der Waals surface area contributed by atoms with Crippen molar-refractivity contribution in [1.29, 1.82) is 0 Å². The summed E-state index contributed by atoms with van der Waals surface area (Å²) in [5, 5.41) is 12.6. The predicted octanol–water partition coefficient (Wildman–Crippen LogP) is 3.29. The summed E-state index contributed by atoms with van der Waals surface area (Å²) in [6.45, 7) is 16.9. The lowest BCUT2D eigenvalue weighted by Crippen LogP contribution is -2.60. The van der Waals surface area contributed by atoms with Crippen molar-refractivity contribution in [2.24, 2.45) is 11.3 Å². The van der Waals surface area contributed by atoms with Crippen molar-refractivity contribution < 1.29 is 24.3 Å². The standard InChI is InChI=1S/C29H50N4O5/c1-18(2)23(17-20(5)26(35)33-16-12-14-22(33)28(37)38)31(9)27(36)24(29(6,7)8)30-25(34)21-13-10-11-15-32(21)19(3)4/h17-19,21-24H,10-16H2,1-9H3,(H,30,34)(H,37,38)/b20-17+/t21?,22-,23+,24+/m0/s1. The van der Waals surface area contributed by atoms with Gasteiger partial charge in [-0.2, -0.15) is 0 Å². The highest BCUT2D eigenvalue weighted by Gasteiger charge is 2.40. The first-order valence-electron chi connectivity index (χ1n) is 14.1. The van der Waals surface area contributed by atoms with Crippen molar-refractivity contribution in [3.8, 4) is 0 Å². The summed E-state index contributed by atoms with van der Waals surface area (Å²) in [4.78, 5) is 57.4. The lowest BCUT2D eigenvalue weighted by atomic mass is 9.84. The Labute approximate surface area is 229 Å². The molecule has 4 atom stereocenters. The zero-order chi connectivity index (χ0) is 28.9. The van der Waals surface area contributed by atoms with Crippen molar-refractivity contribution in [3.05, 3.63) is 11.6 Å². The molecule has 2 rings (SSSR count). The number of hydrogen-bond donors (Lipinski definition) is 2. The molecule has 9 nitrogen and oxygen atoms in total. The van der Waals surface area contributed by atoms with Gasteiger partial charge in [0, 0.05) is 25.2 Å². The number of piperidine rings is 1. The first-order valence-corrected chi connectivity index (χ1v) is 14.1. The number of nitrogens with one attached hydrogen (secondary N) is 1. The highest BCUT2D eigenvalue weighted by Crippen LogP contribution is 2.26. The van der Waals surface area contributed by atoms with Crippen LogP contribution in [0.1, 0.15) is 87.5 Å². The summed E-state index contributed by atoms with van der Waals surface area (Å²) in [7, 11) is 1.71. The Balaban J connectivity index is 2.27. The minimum Gasteiger partial charge on any atom is -0.480 e. The Bertz CT molecular complexity index is 907. The van der Waals surface area contributed by atoms with Gasteiger partial charge in [0.05, 0.1) is 12.1 Å². The summed E-state index contributed by atoms with van der Waals surface area (Å²) in [6.07, 6.45) is 5.70. The lowest BCUT2D eigenvalue weighted by molar-refractivity contribution is -0.146. The van der Waals surface area contributed by atoms with E-state index in [-0.39, 0.29) is 35.7 Å². The van der Waals surface area contributed by atoms with Gasteiger partial charge in [-0.3, -0.25) is 19.3 Å². The second-order valence-electron chi connectivity index (χ2n) is 12.7. The van der Waals surface area contributed by atoms with Gasteiger partial charge in [-0.1, -0.05) is 47.1 Å². The number of carboxylic acid groups (broad SMARTS) is 1. The zero-order valence-corrected chi connectivity index (χ0v) is 24.9. The summed E-state index contributed by atoms with van der Waals surface area (Å²) >= 11 is 0. The van der Waals surface area contributed by atoms with Gasteiger partial charge in [-0.05, 0) is 64.3 Å². The van der Waals surface area contributed by atoms with Crippen molar-refractivity contribution in [1.82, 2.24) is 20.0 Å². The third kappa shape index (κ3) is 7.58. The molecule has 2 fully saturated rings. The quantitative estimate of drug-likeness (QED) is 0.439. The predicted molar refractivity (Wildman–Crippen MR) is 148 cm³/mol. The summed E-state index contributed by atoms with van der Waals surface area (Å²) < 4.78 is 0. The Hall–Kier alpha value is -2.42. The van der Waals surface area contributed by atoms with E-state index in [2.05, 4.69) is 24.1 Å². The maximum atomic E-state index is 13.9. The van der Waals surface area contributed by atoms with E-state index in [1.165, 1.54) is 4.90 Å². The summed E-state index contributed by atoms with van der Waals surface area (Å²) in [5.41, 5.74) is -0.110. The van der Waals surface area contributed by atoms with Gasteiger partial charge < -0.3 is 20.2 Å². The van der Waals surface area contributed by atoms with Crippen LogP contribution in [0, 0.1) is 11.3 Å². The smallest absolute Gasteiger partial charge is 0.326 e. The van der Waals surface area contributed by atoms with Gasteiger partial charge >= 0.3 is 5.97 Å². The molecule has 0 aromatic carbocycles. The van der Waals surface area contributed by atoms with E-state index >= 15 is 0 Å². The zero-order valence-electron chi connectivity index (χ0n) is 24.9. The van der Waals surface area contributed by atoms with E-state index < -0.39 is 29.5 Å². The van der Waals surface area contributed by atoms with Crippen LogP contribution in [-0.2, 0) is 19.2 Å². The van der Waals surface area contributed by atoms with Gasteiger partial charge in [-0.25, -0.2) is 4.79 Å². The minimum absolute atomic E-state index is 0.00774. The van der Waals surface area contributed by atoms with Crippen LogP contribution in [0.2, 0.25) is 0 Å². The van der Waals surface area contributed by atoms with E-state index in [4.69, 9.17) is 0 Å². The molecule has 0 saturated carbocycles. The van der Waals surface area contributed by atoms with E-state index in [1.54, 1.807) is 24.9 Å². The fraction of sp³-hybridized carbons (Fsp3) is 0.793. The van der Waals surface area contributed by atoms with Gasteiger partial charge in [0.2, 0.25) is 17.7 Å². The molecule has 38 heavy (non-hydrogen) atoms. The molecule has 3 amide bonds. The second-order valence-corrected chi connectivity index (χ2v) is 12.7. The Morgan fingerprint density at radius 3 is 2.11 bits per heavy atom. The number of likely N-dealkylation sites (tertiary alicyclic amines) is 2. The number of carboxylic acids is 1. The van der Waals surface area contributed by atoms with Gasteiger partial charge in [-0.15, -0.1) is 0 Å². The molecule has 2 N–H and O–H groups in total. The largest absolute Gasteiger partial charge is 0.480 e. The molecule has 216 valence electrons. The van der Waals surface area contributed by atoms with Crippen LogP contribution >= 0.6 is 0 Å². The van der Waals surface area contributed by atoms with Gasteiger partial charge in [0.1, 0.15) is 12.1 Å².